The predicted molar refractivity (Wildman–Crippen MR) is 91.8 cm³/mol. The van der Waals surface area contributed by atoms with E-state index >= 15 is 0 Å². The number of carbonyl (C=O) groups excluding carboxylic acids is 2. The van der Waals surface area contributed by atoms with Crippen LogP contribution in [0.3, 0.4) is 0 Å². The number of para-hydroxylation sites is 1. The van der Waals surface area contributed by atoms with Gasteiger partial charge in [0.25, 0.3) is 5.91 Å². The van der Waals surface area contributed by atoms with Crippen LogP contribution in [0.25, 0.3) is 0 Å². The normalized spacial score (nSPS) is 20.8. The Morgan fingerprint density at radius 3 is 2.44 bits per heavy atom. The molecule has 0 saturated carbocycles. The average Bonchev–Trinajstić information content (AvgIpc) is 2.50. The molecule has 1 aromatic carbocycles. The van der Waals surface area contributed by atoms with E-state index in [-0.39, 0.29) is 29.4 Å². The molecule has 0 radical (unpaired) electrons. The number of anilines is 1. The second kappa shape index (κ2) is 7.83. The fourth-order valence-corrected chi connectivity index (χ4v) is 3.21. The number of morpholine rings is 1. The van der Waals surface area contributed by atoms with Crippen LogP contribution in [0.2, 0.25) is 0 Å². The summed E-state index contributed by atoms with van der Waals surface area (Å²) in [5, 5.41) is 0. The van der Waals surface area contributed by atoms with E-state index in [0.717, 1.165) is 6.26 Å². The number of carbonyl (C=O) groups is 2. The van der Waals surface area contributed by atoms with Crippen LogP contribution in [0.4, 0.5) is 5.69 Å². The molecule has 1 aromatic rings. The molecule has 25 heavy (non-hydrogen) atoms. The van der Waals surface area contributed by atoms with Crippen LogP contribution in [0.15, 0.2) is 24.3 Å². The number of esters is 1. The van der Waals surface area contributed by atoms with Gasteiger partial charge >= 0.3 is 5.97 Å². The van der Waals surface area contributed by atoms with Gasteiger partial charge in [0.2, 0.25) is 10.0 Å². The summed E-state index contributed by atoms with van der Waals surface area (Å²) >= 11 is 0. The number of ether oxygens (including phenoxy) is 2. The summed E-state index contributed by atoms with van der Waals surface area (Å²) in [7, 11) is -3.54. The molecule has 138 valence electrons. The summed E-state index contributed by atoms with van der Waals surface area (Å²) in [5.41, 5.74) is 0.153. The van der Waals surface area contributed by atoms with Crippen LogP contribution < -0.4 is 4.72 Å². The highest BCUT2D eigenvalue weighted by Gasteiger charge is 2.26. The molecule has 1 saturated heterocycles. The lowest BCUT2D eigenvalue weighted by atomic mass is 10.2. The highest BCUT2D eigenvalue weighted by atomic mass is 32.2. The average molecular weight is 370 g/mol. The maximum atomic E-state index is 12.2. The number of amides is 1. The van der Waals surface area contributed by atoms with Gasteiger partial charge < -0.3 is 14.4 Å². The maximum Gasteiger partial charge on any atom is 0.340 e. The minimum Gasteiger partial charge on any atom is -0.452 e. The van der Waals surface area contributed by atoms with Crippen molar-refractivity contribution in [2.75, 3.05) is 30.7 Å². The van der Waals surface area contributed by atoms with Gasteiger partial charge in [-0.1, -0.05) is 12.1 Å². The number of rotatable bonds is 5. The topological polar surface area (TPSA) is 102 Å². The van der Waals surface area contributed by atoms with Gasteiger partial charge in [0.1, 0.15) is 0 Å². The van der Waals surface area contributed by atoms with Crippen LogP contribution in [-0.2, 0) is 24.3 Å². The Morgan fingerprint density at radius 1 is 1.24 bits per heavy atom. The summed E-state index contributed by atoms with van der Waals surface area (Å²) in [6, 6.07) is 6.05. The van der Waals surface area contributed by atoms with Crippen molar-refractivity contribution in [2.24, 2.45) is 0 Å². The molecule has 0 unspecified atom stereocenters. The molecule has 1 fully saturated rings. The number of hydrogen-bond acceptors (Lipinski definition) is 6. The van der Waals surface area contributed by atoms with Crippen LogP contribution in [0.1, 0.15) is 24.2 Å². The van der Waals surface area contributed by atoms with Crippen LogP contribution in [0, 0.1) is 0 Å². The van der Waals surface area contributed by atoms with Crippen molar-refractivity contribution in [2.45, 2.75) is 26.1 Å². The Bertz CT molecular complexity index is 739. The van der Waals surface area contributed by atoms with Crippen LogP contribution in [0.5, 0.6) is 0 Å². The number of nitrogens with one attached hydrogen (secondary N) is 1. The molecule has 1 amide bonds. The minimum absolute atomic E-state index is 0.0458. The van der Waals surface area contributed by atoms with E-state index in [2.05, 4.69) is 4.72 Å². The van der Waals surface area contributed by atoms with E-state index in [1.807, 2.05) is 13.8 Å². The third-order valence-electron chi connectivity index (χ3n) is 3.54. The standard InChI is InChI=1S/C16H22N2O6S/c1-11-8-18(9-12(2)24-11)15(19)10-23-16(20)13-6-4-5-7-14(13)17-25(3,21)22/h4-7,11-12,17H,8-10H2,1-3H3/t11-,12+. The van der Waals surface area contributed by atoms with Gasteiger partial charge in [-0.15, -0.1) is 0 Å². The molecule has 2 rings (SSSR count). The van der Waals surface area contributed by atoms with Crippen molar-refractivity contribution in [1.29, 1.82) is 0 Å². The Labute approximate surface area is 147 Å². The van der Waals surface area contributed by atoms with Crippen molar-refractivity contribution in [3.63, 3.8) is 0 Å². The van der Waals surface area contributed by atoms with Gasteiger partial charge in [0.15, 0.2) is 6.61 Å². The van der Waals surface area contributed by atoms with Crippen molar-refractivity contribution in [1.82, 2.24) is 4.90 Å². The molecule has 1 aliphatic rings. The lowest BCUT2D eigenvalue weighted by Gasteiger charge is -2.35. The van der Waals surface area contributed by atoms with Gasteiger partial charge in [-0.2, -0.15) is 0 Å². The zero-order chi connectivity index (χ0) is 18.6. The second-order valence-corrected chi connectivity index (χ2v) is 7.80. The molecule has 2 atom stereocenters. The van der Waals surface area contributed by atoms with E-state index in [0.29, 0.717) is 13.1 Å². The van der Waals surface area contributed by atoms with E-state index < -0.39 is 22.6 Å². The molecule has 0 aliphatic carbocycles. The first kappa shape index (κ1) is 19.2. The largest absolute Gasteiger partial charge is 0.452 e. The van der Waals surface area contributed by atoms with Gasteiger partial charge in [0, 0.05) is 13.1 Å². The molecular weight excluding hydrogens is 348 g/mol. The minimum atomic E-state index is -3.54. The summed E-state index contributed by atoms with van der Waals surface area (Å²) in [4.78, 5) is 26.0. The third-order valence-corrected chi connectivity index (χ3v) is 4.13. The van der Waals surface area contributed by atoms with Crippen LogP contribution in [-0.4, -0.2) is 63.4 Å². The number of hydrogen-bond donors (Lipinski definition) is 1. The molecule has 1 N–H and O–H groups in total. The first-order valence-electron chi connectivity index (χ1n) is 7.83. The molecule has 1 aliphatic heterocycles. The van der Waals surface area contributed by atoms with Gasteiger partial charge in [-0.25, -0.2) is 13.2 Å². The smallest absolute Gasteiger partial charge is 0.340 e. The fourth-order valence-electron chi connectivity index (χ4n) is 2.63. The Balaban J connectivity index is 2.00. The lowest BCUT2D eigenvalue weighted by Crippen LogP contribution is -2.49. The highest BCUT2D eigenvalue weighted by molar-refractivity contribution is 7.92. The van der Waals surface area contributed by atoms with Gasteiger partial charge in [-0.05, 0) is 26.0 Å². The quantitative estimate of drug-likeness (QED) is 0.771. The van der Waals surface area contributed by atoms with Gasteiger partial charge in [-0.3, -0.25) is 9.52 Å². The monoisotopic (exact) mass is 370 g/mol. The maximum absolute atomic E-state index is 12.2. The molecule has 9 heteroatoms. The third kappa shape index (κ3) is 5.71. The predicted octanol–water partition coefficient (Wildman–Crippen LogP) is 0.851. The first-order chi connectivity index (χ1) is 11.7. The van der Waals surface area contributed by atoms with E-state index in [9.17, 15) is 18.0 Å². The van der Waals surface area contributed by atoms with E-state index in [1.54, 1.807) is 17.0 Å². The highest BCUT2D eigenvalue weighted by Crippen LogP contribution is 2.17. The van der Waals surface area contributed by atoms with Crippen molar-refractivity contribution >= 4 is 27.6 Å². The van der Waals surface area contributed by atoms with Crippen molar-refractivity contribution in [3.05, 3.63) is 29.8 Å². The van der Waals surface area contributed by atoms with E-state index in [1.165, 1.54) is 12.1 Å². The Morgan fingerprint density at radius 2 is 1.84 bits per heavy atom. The van der Waals surface area contributed by atoms with Crippen LogP contribution >= 0.6 is 0 Å². The first-order valence-corrected chi connectivity index (χ1v) is 9.72. The number of nitrogens with zero attached hydrogens (tertiary/aromatic N) is 1. The number of sulfonamides is 1. The molecule has 8 nitrogen and oxygen atoms in total. The molecular formula is C16H22N2O6S. The second-order valence-electron chi connectivity index (χ2n) is 6.05. The lowest BCUT2D eigenvalue weighted by molar-refractivity contribution is -0.146. The fraction of sp³-hybridized carbons (Fsp3) is 0.500. The summed E-state index contributed by atoms with van der Waals surface area (Å²) in [5.74, 6) is -1.08. The summed E-state index contributed by atoms with van der Waals surface area (Å²) in [6.45, 7) is 4.20. The Hall–Kier alpha value is -2.13. The SMILES string of the molecule is C[C@@H]1CN(C(=O)COC(=O)c2ccccc2NS(C)(=O)=O)C[C@H](C)O1. The number of benzene rings is 1. The Kier molecular flexibility index (Phi) is 6.02. The molecule has 1 heterocycles. The van der Waals surface area contributed by atoms with E-state index in [4.69, 9.17) is 9.47 Å². The van der Waals surface area contributed by atoms with Crippen molar-refractivity contribution < 1.29 is 27.5 Å². The summed E-state index contributed by atoms with van der Waals surface area (Å²) in [6.07, 6.45) is 0.825. The molecule has 0 bridgehead atoms. The molecule has 0 aromatic heterocycles. The van der Waals surface area contributed by atoms with Crippen molar-refractivity contribution in [3.8, 4) is 0 Å². The molecule has 0 spiro atoms. The van der Waals surface area contributed by atoms with Gasteiger partial charge in [0.05, 0.1) is 29.7 Å². The zero-order valence-electron chi connectivity index (χ0n) is 14.4. The zero-order valence-corrected chi connectivity index (χ0v) is 15.2. The summed E-state index contributed by atoms with van der Waals surface area (Å²) < 4.78 is 35.6.